The van der Waals surface area contributed by atoms with Crippen LogP contribution in [0.25, 0.3) is 10.8 Å². The Morgan fingerprint density at radius 3 is 2.80 bits per heavy atom. The van der Waals surface area contributed by atoms with E-state index in [2.05, 4.69) is 4.99 Å². The van der Waals surface area contributed by atoms with Crippen LogP contribution in [0.1, 0.15) is 12.5 Å². The van der Waals surface area contributed by atoms with Gasteiger partial charge in [-0.05, 0) is 29.8 Å². The van der Waals surface area contributed by atoms with E-state index >= 15 is 0 Å². The number of rotatable bonds is 3. The molecule has 0 unspecified atom stereocenters. The summed E-state index contributed by atoms with van der Waals surface area (Å²) in [5.41, 5.74) is 0.965. The number of aliphatic imine (C=N–C) groups is 1. The molecule has 2 aromatic carbocycles. The molecule has 1 heterocycles. The van der Waals surface area contributed by atoms with Gasteiger partial charge < -0.3 is 9.47 Å². The molecule has 0 spiro atoms. The molecule has 20 heavy (non-hydrogen) atoms. The van der Waals surface area contributed by atoms with E-state index in [1.165, 1.54) is 6.26 Å². The summed E-state index contributed by atoms with van der Waals surface area (Å²) < 4.78 is 10.2. The van der Waals surface area contributed by atoms with Crippen LogP contribution in [0.5, 0.6) is 0 Å². The molecule has 0 aromatic heterocycles. The predicted octanol–water partition coefficient (Wildman–Crippen LogP) is 3.02. The molecular weight excluding hydrogens is 254 g/mol. The fourth-order valence-corrected chi connectivity index (χ4v) is 2.00. The molecule has 0 bridgehead atoms. The van der Waals surface area contributed by atoms with Gasteiger partial charge in [-0.3, -0.25) is 0 Å². The monoisotopic (exact) mass is 267 g/mol. The van der Waals surface area contributed by atoms with Gasteiger partial charge in [0.15, 0.2) is 5.70 Å². The summed E-state index contributed by atoms with van der Waals surface area (Å²) in [6.07, 6.45) is 1.33. The number of benzene rings is 2. The predicted molar refractivity (Wildman–Crippen MR) is 76.3 cm³/mol. The summed E-state index contributed by atoms with van der Waals surface area (Å²) in [4.78, 5) is 15.8. The first-order chi connectivity index (χ1) is 9.78. The number of carbonyl (C=O) groups excluding carboxylic acids is 1. The van der Waals surface area contributed by atoms with Crippen molar-refractivity contribution < 1.29 is 14.3 Å². The Hall–Kier alpha value is -2.62. The van der Waals surface area contributed by atoms with Crippen LogP contribution in [0.4, 0.5) is 0 Å². The number of ether oxygens (including phenoxy) is 2. The van der Waals surface area contributed by atoms with Crippen LogP contribution in [0, 0.1) is 0 Å². The van der Waals surface area contributed by atoms with Crippen LogP contribution in [0.15, 0.2) is 59.4 Å². The van der Waals surface area contributed by atoms with Crippen molar-refractivity contribution in [2.75, 3.05) is 6.61 Å². The second kappa shape index (κ2) is 5.17. The zero-order valence-electron chi connectivity index (χ0n) is 11.0. The van der Waals surface area contributed by atoms with Crippen LogP contribution < -0.4 is 0 Å². The maximum absolute atomic E-state index is 11.6. The van der Waals surface area contributed by atoms with Gasteiger partial charge in [0, 0.05) is 5.56 Å². The molecule has 4 nitrogen and oxygen atoms in total. The molecule has 1 aliphatic rings. The Bertz CT molecular complexity index is 731. The minimum Gasteiger partial charge on any atom is -0.499 e. The number of fused-ring (bicyclic) bond motifs is 1. The van der Waals surface area contributed by atoms with E-state index < -0.39 is 5.97 Å². The van der Waals surface area contributed by atoms with E-state index in [9.17, 15) is 4.79 Å². The zero-order chi connectivity index (χ0) is 13.9. The van der Waals surface area contributed by atoms with Crippen LogP contribution in [-0.4, -0.2) is 18.5 Å². The quantitative estimate of drug-likeness (QED) is 0.488. The highest BCUT2D eigenvalue weighted by atomic mass is 16.6. The number of nitrogens with zero attached hydrogens (tertiary/aromatic N) is 1. The lowest BCUT2D eigenvalue weighted by Gasteiger charge is -2.02. The highest BCUT2D eigenvalue weighted by molar-refractivity contribution is 6.12. The standard InChI is InChI=1S/C16H13NO3/c1-2-19-10-14-16(18)20-15(17-14)13-8-7-11-5-3-4-6-12(11)9-13/h3-10H,2H2,1H3/b14-10-. The molecule has 0 saturated carbocycles. The molecule has 0 radical (unpaired) electrons. The normalized spacial score (nSPS) is 16.4. The zero-order valence-corrected chi connectivity index (χ0v) is 11.0. The number of cyclic esters (lactones) is 1. The Morgan fingerprint density at radius 2 is 2.00 bits per heavy atom. The van der Waals surface area contributed by atoms with Gasteiger partial charge in [0.05, 0.1) is 6.61 Å². The van der Waals surface area contributed by atoms with E-state index in [1.807, 2.05) is 49.4 Å². The second-order valence-electron chi connectivity index (χ2n) is 4.33. The van der Waals surface area contributed by atoms with Crippen molar-refractivity contribution in [3.8, 4) is 0 Å². The van der Waals surface area contributed by atoms with Crippen molar-refractivity contribution in [2.45, 2.75) is 6.92 Å². The summed E-state index contributed by atoms with van der Waals surface area (Å²) >= 11 is 0. The summed E-state index contributed by atoms with van der Waals surface area (Å²) in [5, 5.41) is 2.21. The summed E-state index contributed by atoms with van der Waals surface area (Å²) in [7, 11) is 0. The van der Waals surface area contributed by atoms with Gasteiger partial charge in [0.25, 0.3) is 0 Å². The first kappa shape index (κ1) is 12.4. The molecule has 2 aromatic rings. The molecule has 0 atom stereocenters. The molecule has 1 aliphatic heterocycles. The maximum atomic E-state index is 11.6. The van der Waals surface area contributed by atoms with Gasteiger partial charge in [0.1, 0.15) is 6.26 Å². The molecule has 0 saturated heterocycles. The highest BCUT2D eigenvalue weighted by Crippen LogP contribution is 2.20. The third-order valence-corrected chi connectivity index (χ3v) is 2.98. The summed E-state index contributed by atoms with van der Waals surface area (Å²) in [6, 6.07) is 13.8. The molecule has 100 valence electrons. The average Bonchev–Trinajstić information content (AvgIpc) is 2.86. The van der Waals surface area contributed by atoms with E-state index in [-0.39, 0.29) is 5.70 Å². The van der Waals surface area contributed by atoms with Crippen LogP contribution in [0.3, 0.4) is 0 Å². The second-order valence-corrected chi connectivity index (χ2v) is 4.33. The number of carbonyl (C=O) groups is 1. The minimum atomic E-state index is -0.485. The van der Waals surface area contributed by atoms with Crippen LogP contribution >= 0.6 is 0 Å². The van der Waals surface area contributed by atoms with Crippen molar-refractivity contribution in [3.63, 3.8) is 0 Å². The number of hydrogen-bond donors (Lipinski definition) is 0. The average molecular weight is 267 g/mol. The van der Waals surface area contributed by atoms with Crippen molar-refractivity contribution in [3.05, 3.63) is 60.0 Å². The van der Waals surface area contributed by atoms with Crippen molar-refractivity contribution in [1.82, 2.24) is 0 Å². The fourth-order valence-electron chi connectivity index (χ4n) is 2.00. The third-order valence-electron chi connectivity index (χ3n) is 2.98. The number of esters is 1. The van der Waals surface area contributed by atoms with Crippen molar-refractivity contribution >= 4 is 22.6 Å². The lowest BCUT2D eigenvalue weighted by atomic mass is 10.1. The molecule has 0 amide bonds. The van der Waals surface area contributed by atoms with E-state index in [0.29, 0.717) is 12.5 Å². The first-order valence-electron chi connectivity index (χ1n) is 6.40. The van der Waals surface area contributed by atoms with Gasteiger partial charge in [0.2, 0.25) is 5.90 Å². The van der Waals surface area contributed by atoms with Gasteiger partial charge in [-0.1, -0.05) is 30.3 Å². The molecule has 4 heteroatoms. The SMILES string of the molecule is CCO/C=C1\N=C(c2ccc3ccccc3c2)OC1=O. The van der Waals surface area contributed by atoms with E-state index in [0.717, 1.165) is 16.3 Å². The van der Waals surface area contributed by atoms with E-state index in [1.54, 1.807) is 0 Å². The smallest absolute Gasteiger partial charge is 0.367 e. The lowest BCUT2D eigenvalue weighted by Crippen LogP contribution is -2.05. The largest absolute Gasteiger partial charge is 0.499 e. The van der Waals surface area contributed by atoms with Gasteiger partial charge in [-0.2, -0.15) is 0 Å². The number of hydrogen-bond acceptors (Lipinski definition) is 4. The van der Waals surface area contributed by atoms with Gasteiger partial charge in [-0.15, -0.1) is 0 Å². The minimum absolute atomic E-state index is 0.190. The Morgan fingerprint density at radius 1 is 1.20 bits per heavy atom. The molecule has 0 N–H and O–H groups in total. The summed E-state index contributed by atoms with van der Waals surface area (Å²) in [5.74, 6) is -0.173. The molecular formula is C16H13NO3. The van der Waals surface area contributed by atoms with Gasteiger partial charge >= 0.3 is 5.97 Å². The van der Waals surface area contributed by atoms with Crippen LogP contribution in [0.2, 0.25) is 0 Å². The highest BCUT2D eigenvalue weighted by Gasteiger charge is 2.24. The van der Waals surface area contributed by atoms with Gasteiger partial charge in [-0.25, -0.2) is 9.79 Å². The maximum Gasteiger partial charge on any atom is 0.367 e. The third kappa shape index (κ3) is 2.28. The molecule has 0 fully saturated rings. The fraction of sp³-hybridized carbons (Fsp3) is 0.125. The molecule has 3 rings (SSSR count). The molecule has 0 aliphatic carbocycles. The summed E-state index contributed by atoms with van der Waals surface area (Å²) in [6.45, 7) is 2.32. The Kier molecular flexibility index (Phi) is 3.21. The van der Waals surface area contributed by atoms with Crippen molar-refractivity contribution in [1.29, 1.82) is 0 Å². The van der Waals surface area contributed by atoms with Crippen molar-refractivity contribution in [2.24, 2.45) is 4.99 Å². The Balaban J connectivity index is 1.97. The van der Waals surface area contributed by atoms with Crippen LogP contribution in [-0.2, 0) is 14.3 Å². The Labute approximate surface area is 116 Å². The topological polar surface area (TPSA) is 47.9 Å². The first-order valence-corrected chi connectivity index (χ1v) is 6.40. The lowest BCUT2D eigenvalue weighted by molar-refractivity contribution is -0.130. The van der Waals surface area contributed by atoms with E-state index in [4.69, 9.17) is 9.47 Å².